The molecule has 0 spiro atoms. The Morgan fingerprint density at radius 3 is 2.76 bits per heavy atom. The maximum absolute atomic E-state index is 6.08. The molecule has 0 aliphatic carbocycles. The molecule has 126 valence electrons. The van der Waals surface area contributed by atoms with Crippen LogP contribution < -0.4 is 0 Å². The fourth-order valence-electron chi connectivity index (χ4n) is 2.71. The van der Waals surface area contributed by atoms with Crippen LogP contribution in [0.4, 0.5) is 0 Å². The third-order valence-electron chi connectivity index (χ3n) is 4.02. The fraction of sp³-hybridized carbons (Fsp3) is 0.111. The third-order valence-corrected chi connectivity index (χ3v) is 5.85. The molecule has 1 N–H and O–H groups in total. The molecule has 0 radical (unpaired) electrons. The van der Waals surface area contributed by atoms with E-state index in [-0.39, 0.29) is 0 Å². The molecule has 0 fully saturated rings. The van der Waals surface area contributed by atoms with Crippen molar-refractivity contribution < 1.29 is 0 Å². The number of fused-ring (bicyclic) bond motifs is 1. The summed E-state index contributed by atoms with van der Waals surface area (Å²) < 4.78 is 2.01. The van der Waals surface area contributed by atoms with Crippen LogP contribution >= 0.6 is 35.0 Å². The molecule has 25 heavy (non-hydrogen) atoms. The molecule has 2 aromatic carbocycles. The number of rotatable bonds is 4. The molecule has 4 aromatic rings. The average molecular weight is 389 g/mol. The maximum Gasteiger partial charge on any atom is 0.191 e. The van der Waals surface area contributed by atoms with E-state index >= 15 is 0 Å². The predicted molar refractivity (Wildman–Crippen MR) is 104 cm³/mol. The monoisotopic (exact) mass is 388 g/mol. The number of benzene rings is 2. The van der Waals surface area contributed by atoms with Crippen molar-refractivity contribution in [1.29, 1.82) is 0 Å². The summed E-state index contributed by atoms with van der Waals surface area (Å²) in [5, 5.41) is 11.8. The lowest BCUT2D eigenvalue weighted by Crippen LogP contribution is -1.94. The van der Waals surface area contributed by atoms with Gasteiger partial charge in [0.15, 0.2) is 11.0 Å². The van der Waals surface area contributed by atoms with Gasteiger partial charge in [-0.15, -0.1) is 10.2 Å². The highest BCUT2D eigenvalue weighted by Crippen LogP contribution is 2.31. The largest absolute Gasteiger partial charge is 0.360 e. The topological polar surface area (TPSA) is 46.5 Å². The van der Waals surface area contributed by atoms with Crippen LogP contribution in [-0.4, -0.2) is 19.7 Å². The van der Waals surface area contributed by atoms with Gasteiger partial charge in [0, 0.05) is 35.5 Å². The molecule has 7 heteroatoms. The average Bonchev–Trinajstić information content (AvgIpc) is 3.19. The quantitative estimate of drug-likeness (QED) is 0.465. The zero-order valence-electron chi connectivity index (χ0n) is 13.3. The second-order valence-electron chi connectivity index (χ2n) is 5.65. The van der Waals surface area contributed by atoms with Gasteiger partial charge in [-0.3, -0.25) is 0 Å². The molecule has 0 amide bonds. The zero-order chi connectivity index (χ0) is 17.4. The van der Waals surface area contributed by atoms with Crippen molar-refractivity contribution in [1.82, 2.24) is 19.7 Å². The summed E-state index contributed by atoms with van der Waals surface area (Å²) >= 11 is 13.7. The first-order valence-corrected chi connectivity index (χ1v) is 9.40. The number of nitrogens with one attached hydrogen (secondary N) is 1. The van der Waals surface area contributed by atoms with E-state index in [0.717, 1.165) is 38.8 Å². The van der Waals surface area contributed by atoms with Crippen LogP contribution in [0.25, 0.3) is 22.3 Å². The molecule has 0 bridgehead atoms. The first kappa shape index (κ1) is 16.5. The molecule has 2 heterocycles. The Balaban J connectivity index is 1.60. The molecule has 0 saturated heterocycles. The molecule has 2 aromatic heterocycles. The Bertz CT molecular complexity index is 1050. The van der Waals surface area contributed by atoms with E-state index in [9.17, 15) is 0 Å². The summed E-state index contributed by atoms with van der Waals surface area (Å²) in [6.07, 6.45) is 1.97. The van der Waals surface area contributed by atoms with E-state index in [4.69, 9.17) is 23.2 Å². The number of aromatic amines is 1. The summed E-state index contributed by atoms with van der Waals surface area (Å²) in [7, 11) is 1.98. The highest BCUT2D eigenvalue weighted by atomic mass is 35.5. The summed E-state index contributed by atoms with van der Waals surface area (Å²) in [5.41, 5.74) is 3.23. The smallest absolute Gasteiger partial charge is 0.191 e. The Kier molecular flexibility index (Phi) is 4.46. The number of halogens is 2. The van der Waals surface area contributed by atoms with E-state index < -0.39 is 0 Å². The van der Waals surface area contributed by atoms with Crippen molar-refractivity contribution in [3.63, 3.8) is 0 Å². The van der Waals surface area contributed by atoms with E-state index in [2.05, 4.69) is 27.3 Å². The summed E-state index contributed by atoms with van der Waals surface area (Å²) in [6.45, 7) is 0. The van der Waals surface area contributed by atoms with Gasteiger partial charge in [-0.05, 0) is 23.8 Å². The van der Waals surface area contributed by atoms with E-state index in [1.807, 2.05) is 48.1 Å². The van der Waals surface area contributed by atoms with Crippen LogP contribution in [0.3, 0.4) is 0 Å². The van der Waals surface area contributed by atoms with Crippen LogP contribution in [0, 0.1) is 0 Å². The Morgan fingerprint density at radius 1 is 1.08 bits per heavy atom. The predicted octanol–water partition coefficient (Wildman–Crippen LogP) is 5.56. The van der Waals surface area contributed by atoms with Crippen LogP contribution in [0.15, 0.2) is 53.8 Å². The fourth-order valence-corrected chi connectivity index (χ4v) is 3.88. The number of thioether (sulfide) groups is 1. The number of hydrogen-bond donors (Lipinski definition) is 1. The first-order chi connectivity index (χ1) is 12.1. The van der Waals surface area contributed by atoms with Gasteiger partial charge in [0.2, 0.25) is 0 Å². The summed E-state index contributed by atoms with van der Waals surface area (Å²) in [4.78, 5) is 3.28. The molecular weight excluding hydrogens is 375 g/mol. The molecule has 0 saturated carbocycles. The minimum Gasteiger partial charge on any atom is -0.360 e. The molecular formula is C18H14Cl2N4S. The molecule has 0 aliphatic rings. The number of aromatic nitrogens is 4. The number of H-pyrrole nitrogens is 1. The van der Waals surface area contributed by atoms with Gasteiger partial charge in [0.1, 0.15) is 0 Å². The van der Waals surface area contributed by atoms with Crippen LogP contribution in [0.2, 0.25) is 10.0 Å². The van der Waals surface area contributed by atoms with Gasteiger partial charge in [0.25, 0.3) is 0 Å². The highest BCUT2D eigenvalue weighted by molar-refractivity contribution is 7.98. The maximum atomic E-state index is 6.08. The van der Waals surface area contributed by atoms with E-state index in [1.54, 1.807) is 11.8 Å². The van der Waals surface area contributed by atoms with Gasteiger partial charge in [-0.25, -0.2) is 0 Å². The second-order valence-corrected chi connectivity index (χ2v) is 7.41. The minimum absolute atomic E-state index is 0.565. The van der Waals surface area contributed by atoms with Crippen LogP contribution in [0.5, 0.6) is 0 Å². The van der Waals surface area contributed by atoms with Crippen molar-refractivity contribution in [3.05, 3.63) is 64.3 Å². The Hall–Kier alpha value is -1.95. The summed E-state index contributed by atoms with van der Waals surface area (Å²) in [6, 6.07) is 13.8. The van der Waals surface area contributed by atoms with Crippen molar-refractivity contribution in [2.45, 2.75) is 10.9 Å². The lowest BCUT2D eigenvalue weighted by molar-refractivity contribution is 0.794. The minimum atomic E-state index is 0.565. The Morgan fingerprint density at radius 2 is 1.92 bits per heavy atom. The lowest BCUT2D eigenvalue weighted by Gasteiger charge is -2.04. The van der Waals surface area contributed by atoms with Crippen molar-refractivity contribution in [2.75, 3.05) is 0 Å². The van der Waals surface area contributed by atoms with Gasteiger partial charge in [-0.2, -0.15) is 0 Å². The summed E-state index contributed by atoms with van der Waals surface area (Å²) in [5.74, 6) is 1.59. The van der Waals surface area contributed by atoms with Crippen molar-refractivity contribution in [2.24, 2.45) is 7.05 Å². The van der Waals surface area contributed by atoms with Crippen molar-refractivity contribution >= 4 is 45.9 Å². The molecule has 0 aliphatic heterocycles. The van der Waals surface area contributed by atoms with Gasteiger partial charge < -0.3 is 9.55 Å². The molecule has 0 atom stereocenters. The van der Waals surface area contributed by atoms with E-state index in [0.29, 0.717) is 10.0 Å². The number of para-hydroxylation sites is 1. The van der Waals surface area contributed by atoms with Crippen LogP contribution in [0.1, 0.15) is 5.56 Å². The Labute approximate surface area is 159 Å². The standard InChI is InChI=1S/C18H14Cl2N4S/c1-24-17(13-9-21-16-5-3-2-4-12(13)16)22-23-18(24)25-10-11-6-7-14(19)15(20)8-11/h2-9,21H,10H2,1H3. The number of nitrogens with zero attached hydrogens (tertiary/aromatic N) is 3. The van der Waals surface area contributed by atoms with Crippen LogP contribution in [-0.2, 0) is 12.8 Å². The molecule has 4 nitrogen and oxygen atoms in total. The van der Waals surface area contributed by atoms with Crippen molar-refractivity contribution in [3.8, 4) is 11.4 Å². The SMILES string of the molecule is Cn1c(SCc2ccc(Cl)c(Cl)c2)nnc1-c1c[nH]c2ccccc12. The molecule has 0 unspecified atom stereocenters. The second kappa shape index (κ2) is 6.75. The third kappa shape index (κ3) is 3.15. The highest BCUT2D eigenvalue weighted by Gasteiger charge is 2.15. The van der Waals surface area contributed by atoms with E-state index in [1.165, 1.54) is 0 Å². The molecule has 4 rings (SSSR count). The van der Waals surface area contributed by atoms with Gasteiger partial charge >= 0.3 is 0 Å². The normalized spacial score (nSPS) is 11.3. The van der Waals surface area contributed by atoms with Gasteiger partial charge in [-0.1, -0.05) is 59.2 Å². The van der Waals surface area contributed by atoms with Gasteiger partial charge in [0.05, 0.1) is 10.0 Å². The first-order valence-electron chi connectivity index (χ1n) is 7.66. The zero-order valence-corrected chi connectivity index (χ0v) is 15.7. The number of hydrogen-bond acceptors (Lipinski definition) is 3. The lowest BCUT2D eigenvalue weighted by atomic mass is 10.1.